The Kier molecular flexibility index (Phi) is 5.46. The summed E-state index contributed by atoms with van der Waals surface area (Å²) >= 11 is 0. The minimum atomic E-state index is -0.253. The molecule has 0 fully saturated rings. The smallest absolute Gasteiger partial charge is 0.263 e. The lowest BCUT2D eigenvalue weighted by Crippen LogP contribution is -2.22. The molecule has 0 unspecified atom stereocenters. The molecular weight excluding hydrogens is 388 g/mol. The van der Waals surface area contributed by atoms with Gasteiger partial charge < -0.3 is 10.1 Å². The number of carbonyl (C=O) groups is 1. The zero-order chi connectivity index (χ0) is 22.1. The Morgan fingerprint density at radius 3 is 2.58 bits per heavy atom. The van der Waals surface area contributed by atoms with E-state index in [-0.39, 0.29) is 12.5 Å². The summed E-state index contributed by atoms with van der Waals surface area (Å²) in [7, 11) is 0. The fourth-order valence-corrected chi connectivity index (χ4v) is 3.68. The Labute approximate surface area is 181 Å². The Bertz CT molecular complexity index is 1290. The van der Waals surface area contributed by atoms with Gasteiger partial charge in [0.15, 0.2) is 12.4 Å². The van der Waals surface area contributed by atoms with Crippen LogP contribution in [0.15, 0.2) is 48.5 Å². The van der Waals surface area contributed by atoms with E-state index < -0.39 is 0 Å². The molecule has 0 saturated carbocycles. The van der Waals surface area contributed by atoms with Crippen molar-refractivity contribution < 1.29 is 9.53 Å². The minimum absolute atomic E-state index is 0.0852. The summed E-state index contributed by atoms with van der Waals surface area (Å²) in [5.74, 6) is 1.69. The maximum absolute atomic E-state index is 12.6. The van der Waals surface area contributed by atoms with Crippen LogP contribution >= 0.6 is 0 Å². The van der Waals surface area contributed by atoms with E-state index in [0.29, 0.717) is 11.6 Å². The van der Waals surface area contributed by atoms with Gasteiger partial charge in [-0.1, -0.05) is 24.3 Å². The molecule has 4 rings (SSSR count). The molecule has 0 aliphatic heterocycles. The van der Waals surface area contributed by atoms with E-state index >= 15 is 0 Å². The highest BCUT2D eigenvalue weighted by molar-refractivity contribution is 5.91. The monoisotopic (exact) mass is 414 g/mol. The standard InChI is InChI=1S/C25H26N4O2/c1-15-10-16(2)19(5)22(11-15)31-14-25(30)27-24-13-18(4)28-29(24)23-12-17(3)20-8-6-7-9-21(20)26-23/h6-13H,14H2,1-5H3,(H,27,30). The fourth-order valence-electron chi connectivity index (χ4n) is 3.68. The van der Waals surface area contributed by atoms with Crippen molar-refractivity contribution in [3.63, 3.8) is 0 Å². The molecule has 2 aromatic heterocycles. The molecular formula is C25H26N4O2. The maximum atomic E-state index is 12.6. The number of carbonyl (C=O) groups excluding carboxylic acids is 1. The average Bonchev–Trinajstić information content (AvgIpc) is 3.09. The first-order valence-corrected chi connectivity index (χ1v) is 10.3. The third kappa shape index (κ3) is 4.28. The molecule has 0 saturated heterocycles. The van der Waals surface area contributed by atoms with Gasteiger partial charge in [0, 0.05) is 11.5 Å². The van der Waals surface area contributed by atoms with Crippen LogP contribution in [0.4, 0.5) is 5.82 Å². The van der Waals surface area contributed by atoms with Crippen LogP contribution in [0, 0.1) is 34.6 Å². The normalized spacial score (nSPS) is 11.0. The lowest BCUT2D eigenvalue weighted by atomic mass is 10.1. The van der Waals surface area contributed by atoms with Crippen LogP contribution in [0.1, 0.15) is 27.9 Å². The molecule has 158 valence electrons. The van der Waals surface area contributed by atoms with Crippen molar-refractivity contribution in [2.24, 2.45) is 0 Å². The second-order valence-electron chi connectivity index (χ2n) is 7.94. The number of nitrogens with one attached hydrogen (secondary N) is 1. The Hall–Kier alpha value is -3.67. The third-order valence-corrected chi connectivity index (χ3v) is 5.35. The second kappa shape index (κ2) is 8.22. The zero-order valence-electron chi connectivity index (χ0n) is 18.5. The van der Waals surface area contributed by atoms with Gasteiger partial charge in [0.2, 0.25) is 0 Å². The average molecular weight is 415 g/mol. The summed E-state index contributed by atoms with van der Waals surface area (Å²) in [4.78, 5) is 17.4. The maximum Gasteiger partial charge on any atom is 0.263 e. The molecule has 0 bridgehead atoms. The number of pyridine rings is 1. The SMILES string of the molecule is Cc1cc(C)c(C)c(OCC(=O)Nc2cc(C)nn2-c2cc(C)c3ccccc3n2)c1. The van der Waals surface area contributed by atoms with Crippen molar-refractivity contribution in [1.82, 2.24) is 14.8 Å². The third-order valence-electron chi connectivity index (χ3n) is 5.35. The largest absolute Gasteiger partial charge is 0.483 e. The summed E-state index contributed by atoms with van der Waals surface area (Å²) in [5.41, 5.74) is 6.05. The van der Waals surface area contributed by atoms with Gasteiger partial charge in [-0.25, -0.2) is 4.98 Å². The van der Waals surface area contributed by atoms with Gasteiger partial charge in [0.1, 0.15) is 11.6 Å². The molecule has 1 N–H and O–H groups in total. The van der Waals surface area contributed by atoms with Crippen LogP contribution < -0.4 is 10.1 Å². The molecule has 0 atom stereocenters. The summed E-state index contributed by atoms with van der Waals surface area (Å²) in [6.07, 6.45) is 0. The number of benzene rings is 2. The van der Waals surface area contributed by atoms with Gasteiger partial charge in [-0.2, -0.15) is 9.78 Å². The summed E-state index contributed by atoms with van der Waals surface area (Å²) in [5, 5.41) is 8.54. The fraction of sp³-hybridized carbons (Fsp3) is 0.240. The lowest BCUT2D eigenvalue weighted by Gasteiger charge is -2.13. The van der Waals surface area contributed by atoms with Crippen LogP contribution in [0.5, 0.6) is 5.75 Å². The molecule has 2 aromatic carbocycles. The number of amides is 1. The van der Waals surface area contributed by atoms with E-state index in [1.165, 1.54) is 0 Å². The van der Waals surface area contributed by atoms with Crippen LogP contribution in [-0.2, 0) is 4.79 Å². The molecule has 1 amide bonds. The molecule has 4 aromatic rings. The lowest BCUT2D eigenvalue weighted by molar-refractivity contribution is -0.118. The molecule has 0 aliphatic rings. The first-order chi connectivity index (χ1) is 14.8. The van der Waals surface area contributed by atoms with Crippen molar-refractivity contribution in [3.05, 3.63) is 76.5 Å². The zero-order valence-corrected chi connectivity index (χ0v) is 18.5. The van der Waals surface area contributed by atoms with E-state index in [0.717, 1.165) is 44.6 Å². The van der Waals surface area contributed by atoms with Crippen molar-refractivity contribution >= 4 is 22.6 Å². The quantitative estimate of drug-likeness (QED) is 0.500. The number of nitrogens with zero attached hydrogens (tertiary/aromatic N) is 3. The van der Waals surface area contributed by atoms with Crippen molar-refractivity contribution in [2.45, 2.75) is 34.6 Å². The summed E-state index contributed by atoms with van der Waals surface area (Å²) < 4.78 is 7.47. The Balaban J connectivity index is 1.56. The van der Waals surface area contributed by atoms with Crippen LogP contribution in [-0.4, -0.2) is 27.3 Å². The van der Waals surface area contributed by atoms with Gasteiger partial charge in [-0.3, -0.25) is 4.79 Å². The first-order valence-electron chi connectivity index (χ1n) is 10.3. The van der Waals surface area contributed by atoms with Crippen LogP contribution in [0.3, 0.4) is 0 Å². The van der Waals surface area contributed by atoms with Gasteiger partial charge >= 0.3 is 0 Å². The van der Waals surface area contributed by atoms with E-state index in [1.54, 1.807) is 4.68 Å². The number of ether oxygens (including phenoxy) is 1. The molecule has 0 radical (unpaired) electrons. The molecule has 2 heterocycles. The number of rotatable bonds is 5. The van der Waals surface area contributed by atoms with Crippen LogP contribution in [0.25, 0.3) is 16.7 Å². The van der Waals surface area contributed by atoms with Gasteiger partial charge in [-0.15, -0.1) is 0 Å². The van der Waals surface area contributed by atoms with E-state index in [2.05, 4.69) is 16.5 Å². The number of aryl methyl sites for hydroxylation is 4. The van der Waals surface area contributed by atoms with Crippen molar-refractivity contribution in [3.8, 4) is 11.6 Å². The molecule has 31 heavy (non-hydrogen) atoms. The Morgan fingerprint density at radius 2 is 1.77 bits per heavy atom. The number of para-hydroxylation sites is 1. The van der Waals surface area contributed by atoms with Crippen LogP contribution in [0.2, 0.25) is 0 Å². The molecule has 6 heteroatoms. The molecule has 0 spiro atoms. The highest BCUT2D eigenvalue weighted by atomic mass is 16.5. The van der Waals surface area contributed by atoms with Gasteiger partial charge in [0.05, 0.1) is 11.2 Å². The minimum Gasteiger partial charge on any atom is -0.483 e. The van der Waals surface area contributed by atoms with Crippen molar-refractivity contribution in [2.75, 3.05) is 11.9 Å². The summed E-state index contributed by atoms with van der Waals surface area (Å²) in [6.45, 7) is 9.89. The number of anilines is 1. The number of aromatic nitrogens is 3. The van der Waals surface area contributed by atoms with Gasteiger partial charge in [0.25, 0.3) is 5.91 Å². The molecule has 0 aliphatic carbocycles. The first kappa shape index (κ1) is 20.6. The van der Waals surface area contributed by atoms with Gasteiger partial charge in [-0.05, 0) is 75.1 Å². The predicted molar refractivity (Wildman–Crippen MR) is 123 cm³/mol. The van der Waals surface area contributed by atoms with E-state index in [1.807, 2.05) is 77.1 Å². The Morgan fingerprint density at radius 1 is 1.00 bits per heavy atom. The highest BCUT2D eigenvalue weighted by Crippen LogP contribution is 2.24. The number of hydrogen-bond acceptors (Lipinski definition) is 4. The second-order valence-corrected chi connectivity index (χ2v) is 7.94. The molecule has 6 nitrogen and oxygen atoms in total. The topological polar surface area (TPSA) is 69.0 Å². The van der Waals surface area contributed by atoms with E-state index in [4.69, 9.17) is 9.72 Å². The highest BCUT2D eigenvalue weighted by Gasteiger charge is 2.14. The van der Waals surface area contributed by atoms with Crippen molar-refractivity contribution in [1.29, 1.82) is 0 Å². The predicted octanol–water partition coefficient (Wildman–Crippen LogP) is 4.98. The summed E-state index contributed by atoms with van der Waals surface area (Å²) in [6, 6.07) is 15.8. The van der Waals surface area contributed by atoms with E-state index in [9.17, 15) is 4.79 Å². The number of hydrogen-bond donors (Lipinski definition) is 1. The number of fused-ring (bicyclic) bond motifs is 1.